The van der Waals surface area contributed by atoms with Gasteiger partial charge in [0.2, 0.25) is 0 Å². The van der Waals surface area contributed by atoms with Crippen molar-refractivity contribution < 1.29 is 27.3 Å². The van der Waals surface area contributed by atoms with Gasteiger partial charge in [-0.25, -0.2) is 24.3 Å². The minimum absolute atomic E-state index is 0. The first-order valence-corrected chi connectivity index (χ1v) is 4.65. The third kappa shape index (κ3) is 6.71. The van der Waals surface area contributed by atoms with Gasteiger partial charge in [0, 0.05) is 0 Å². The van der Waals surface area contributed by atoms with Gasteiger partial charge in [0.25, 0.3) is 0 Å². The average Bonchev–Trinajstić information content (AvgIpc) is 2.67. The molecule has 0 atom stereocenters. The van der Waals surface area contributed by atoms with Gasteiger partial charge in [-0.3, -0.25) is 22.7 Å². The minimum Gasteiger partial charge on any atom is -0.273 e. The maximum atomic E-state index is 2.88. The smallest absolute Gasteiger partial charge is 0.273 e. The summed E-state index contributed by atoms with van der Waals surface area (Å²) in [5, 5.41) is 7.81. The molecule has 0 aromatic carbocycles. The molecule has 0 fully saturated rings. The standard InChI is InChI=1S/2C4H3S.Cd/c2*1-2-4-5-3-1;/h2*1,3-4H;/q2*-1;+2. The molecule has 0 N–H and O–H groups in total. The van der Waals surface area contributed by atoms with Crippen LogP contribution >= 0.6 is 22.7 Å². The van der Waals surface area contributed by atoms with Crippen LogP contribution in [0.25, 0.3) is 0 Å². The van der Waals surface area contributed by atoms with Gasteiger partial charge in [-0.1, -0.05) is 0 Å². The van der Waals surface area contributed by atoms with Gasteiger partial charge >= 0.3 is 27.3 Å². The number of hydrogen-bond acceptors (Lipinski definition) is 2. The first kappa shape index (κ1) is 11.3. The predicted molar refractivity (Wildman–Crippen MR) is 46.3 cm³/mol. The van der Waals surface area contributed by atoms with Crippen molar-refractivity contribution in [2.24, 2.45) is 0 Å². The van der Waals surface area contributed by atoms with Gasteiger partial charge in [0.1, 0.15) is 0 Å². The van der Waals surface area contributed by atoms with Crippen LogP contribution in [0.1, 0.15) is 0 Å². The van der Waals surface area contributed by atoms with Crippen LogP contribution in [0.2, 0.25) is 0 Å². The normalized spacial score (nSPS) is 7.27. The molecule has 0 unspecified atom stereocenters. The fourth-order valence-corrected chi connectivity index (χ4v) is 1.18. The number of rotatable bonds is 0. The Morgan fingerprint density at radius 3 is 1.36 bits per heavy atom. The number of thiophene rings is 2. The fraction of sp³-hybridized carbons (Fsp3) is 0. The fourth-order valence-electron chi connectivity index (χ4n) is 0.393. The zero-order valence-corrected chi connectivity index (χ0v) is 11.7. The molecule has 0 radical (unpaired) electrons. The molecule has 0 spiro atoms. The molecular formula is C8H6CdS2. The summed E-state index contributed by atoms with van der Waals surface area (Å²) in [6.07, 6.45) is 0. The van der Waals surface area contributed by atoms with E-state index in [-0.39, 0.29) is 27.3 Å². The molecule has 0 aliphatic rings. The van der Waals surface area contributed by atoms with Crippen molar-refractivity contribution in [1.29, 1.82) is 0 Å². The summed E-state index contributed by atoms with van der Waals surface area (Å²) in [7, 11) is 0. The third-order valence-electron chi connectivity index (χ3n) is 0.758. The maximum absolute atomic E-state index is 2.88. The van der Waals surface area contributed by atoms with E-state index in [1.807, 2.05) is 33.7 Å². The van der Waals surface area contributed by atoms with Crippen molar-refractivity contribution in [3.05, 3.63) is 45.8 Å². The van der Waals surface area contributed by atoms with E-state index >= 15 is 0 Å². The Morgan fingerprint density at radius 2 is 1.27 bits per heavy atom. The second-order valence-corrected chi connectivity index (χ2v) is 3.01. The average molecular weight is 279 g/mol. The first-order chi connectivity index (χ1) is 5.00. The molecule has 0 aliphatic carbocycles. The van der Waals surface area contributed by atoms with Crippen molar-refractivity contribution in [3.63, 3.8) is 0 Å². The Morgan fingerprint density at radius 1 is 0.818 bits per heavy atom. The Balaban J connectivity index is 0.000000167. The van der Waals surface area contributed by atoms with E-state index < -0.39 is 0 Å². The first-order valence-electron chi connectivity index (χ1n) is 2.76. The van der Waals surface area contributed by atoms with Crippen LogP contribution in [0.5, 0.6) is 0 Å². The zero-order chi connectivity index (χ0) is 7.07. The molecule has 52 valence electrons. The monoisotopic (exact) mass is 280 g/mol. The molecule has 2 aromatic rings. The van der Waals surface area contributed by atoms with Crippen LogP contribution in [0.3, 0.4) is 0 Å². The van der Waals surface area contributed by atoms with Crippen LogP contribution in [-0.2, 0) is 27.3 Å². The van der Waals surface area contributed by atoms with Crippen molar-refractivity contribution in [3.8, 4) is 0 Å². The van der Waals surface area contributed by atoms with Crippen molar-refractivity contribution in [2.45, 2.75) is 0 Å². The largest absolute Gasteiger partial charge is 2.00 e. The maximum Gasteiger partial charge on any atom is 2.00 e. The van der Waals surface area contributed by atoms with Crippen LogP contribution in [-0.4, -0.2) is 0 Å². The minimum atomic E-state index is 0. The van der Waals surface area contributed by atoms with Gasteiger partial charge < -0.3 is 0 Å². The van der Waals surface area contributed by atoms with Crippen molar-refractivity contribution >= 4 is 22.7 Å². The second kappa shape index (κ2) is 8.42. The van der Waals surface area contributed by atoms with Crippen LogP contribution in [0.15, 0.2) is 33.7 Å². The summed E-state index contributed by atoms with van der Waals surface area (Å²) in [6, 6.07) is 9.55. The summed E-state index contributed by atoms with van der Waals surface area (Å²) >= 11 is 3.31. The van der Waals surface area contributed by atoms with E-state index in [1.165, 1.54) is 0 Å². The Hall–Kier alpha value is 0.322. The molecule has 3 heteroatoms. The Labute approximate surface area is 95.1 Å². The molecule has 0 saturated heterocycles. The molecule has 2 heterocycles. The van der Waals surface area contributed by atoms with Crippen LogP contribution in [0, 0.1) is 12.1 Å². The van der Waals surface area contributed by atoms with E-state index in [1.54, 1.807) is 22.7 Å². The molecule has 0 saturated carbocycles. The summed E-state index contributed by atoms with van der Waals surface area (Å²) in [5.41, 5.74) is 0. The SMILES string of the molecule is [Cd+2].[c-]1ccsc1.[c-]1ccsc1. The molecular weight excluding hydrogens is 273 g/mol. The van der Waals surface area contributed by atoms with Gasteiger partial charge in [-0.15, -0.1) is 10.8 Å². The third-order valence-corrected chi connectivity index (χ3v) is 1.89. The summed E-state index contributed by atoms with van der Waals surface area (Å²) in [5.74, 6) is 0. The van der Waals surface area contributed by atoms with Crippen LogP contribution < -0.4 is 0 Å². The van der Waals surface area contributed by atoms with Crippen molar-refractivity contribution in [1.82, 2.24) is 0 Å². The molecule has 2 rings (SSSR count). The number of hydrogen-bond donors (Lipinski definition) is 0. The summed E-state index contributed by atoms with van der Waals surface area (Å²) in [6.45, 7) is 0. The molecule has 0 bridgehead atoms. The molecule has 0 nitrogen and oxygen atoms in total. The zero-order valence-electron chi connectivity index (χ0n) is 5.99. The van der Waals surface area contributed by atoms with E-state index in [2.05, 4.69) is 12.1 Å². The van der Waals surface area contributed by atoms with Crippen LogP contribution in [0.4, 0.5) is 0 Å². The van der Waals surface area contributed by atoms with E-state index in [0.717, 1.165) is 0 Å². The van der Waals surface area contributed by atoms with Gasteiger partial charge in [0.05, 0.1) is 0 Å². The Bertz CT molecular complexity index is 151. The predicted octanol–water partition coefficient (Wildman–Crippen LogP) is 3.09. The summed E-state index contributed by atoms with van der Waals surface area (Å²) in [4.78, 5) is 0. The molecule has 0 aliphatic heterocycles. The molecule has 11 heavy (non-hydrogen) atoms. The van der Waals surface area contributed by atoms with Crippen molar-refractivity contribution in [2.75, 3.05) is 0 Å². The van der Waals surface area contributed by atoms with E-state index in [4.69, 9.17) is 0 Å². The summed E-state index contributed by atoms with van der Waals surface area (Å²) < 4.78 is 0. The second-order valence-electron chi connectivity index (χ2n) is 1.45. The topological polar surface area (TPSA) is 0 Å². The van der Waals surface area contributed by atoms with E-state index in [0.29, 0.717) is 0 Å². The van der Waals surface area contributed by atoms with Gasteiger partial charge in [-0.2, -0.15) is 10.8 Å². The Kier molecular flexibility index (Phi) is 8.67. The van der Waals surface area contributed by atoms with E-state index in [9.17, 15) is 0 Å². The quantitative estimate of drug-likeness (QED) is 0.513. The molecule has 2 aromatic heterocycles. The molecule has 0 amide bonds. The van der Waals surface area contributed by atoms with Gasteiger partial charge in [0.15, 0.2) is 0 Å². The van der Waals surface area contributed by atoms with Gasteiger partial charge in [-0.05, 0) is 0 Å².